The second-order valence-electron chi connectivity index (χ2n) is 2.96. The molecule has 1 radical (unpaired) electrons. The summed E-state index contributed by atoms with van der Waals surface area (Å²) in [6.07, 6.45) is 2.10. The van der Waals surface area contributed by atoms with Crippen molar-refractivity contribution in [3.63, 3.8) is 0 Å². The second-order valence-corrected chi connectivity index (χ2v) is 7.74. The van der Waals surface area contributed by atoms with E-state index in [1.807, 2.05) is 0 Å². The van der Waals surface area contributed by atoms with E-state index in [9.17, 15) is 0 Å². The highest BCUT2D eigenvalue weighted by Crippen LogP contribution is 2.21. The van der Waals surface area contributed by atoms with Crippen LogP contribution < -0.4 is 0 Å². The van der Waals surface area contributed by atoms with Crippen LogP contribution in [0.2, 0.25) is 18.1 Å². The second kappa shape index (κ2) is 5.78. The van der Waals surface area contributed by atoms with E-state index >= 15 is 0 Å². The Morgan fingerprint density at radius 2 is 1.55 bits per heavy atom. The monoisotopic (exact) mass is 173 g/mol. The molecule has 0 saturated heterocycles. The molecule has 0 atom stereocenters. The number of rotatable bonds is 6. The molecule has 0 heterocycles. The third-order valence-corrected chi connectivity index (χ3v) is 7.13. The Hall–Kier alpha value is 0.177. The Bertz CT molecular complexity index is 81.3. The molecule has 2 heteroatoms. The van der Waals surface area contributed by atoms with Crippen molar-refractivity contribution in [1.29, 1.82) is 0 Å². The Labute approximate surface area is 72.3 Å². The maximum Gasteiger partial charge on any atom is 0.191 e. The molecule has 0 aliphatic rings. The Balaban J connectivity index is 3.84. The van der Waals surface area contributed by atoms with Crippen molar-refractivity contribution in [1.82, 2.24) is 0 Å². The van der Waals surface area contributed by atoms with Gasteiger partial charge in [-0.2, -0.15) is 0 Å². The van der Waals surface area contributed by atoms with Gasteiger partial charge in [-0.25, -0.2) is 0 Å². The van der Waals surface area contributed by atoms with Gasteiger partial charge in [0.15, 0.2) is 8.32 Å². The van der Waals surface area contributed by atoms with Gasteiger partial charge in [0.1, 0.15) is 0 Å². The van der Waals surface area contributed by atoms with Crippen molar-refractivity contribution in [3.05, 3.63) is 6.42 Å². The third-order valence-electron chi connectivity index (χ3n) is 2.49. The van der Waals surface area contributed by atoms with E-state index in [0.29, 0.717) is 0 Å². The lowest BCUT2D eigenvalue weighted by Crippen LogP contribution is -2.35. The van der Waals surface area contributed by atoms with Gasteiger partial charge in [-0.3, -0.25) is 0 Å². The third kappa shape index (κ3) is 3.39. The smallest absolute Gasteiger partial charge is 0.191 e. The largest absolute Gasteiger partial charge is 0.417 e. The SMILES string of the molecule is C[CH]CO[Si](CC)(CC)CC. The summed E-state index contributed by atoms with van der Waals surface area (Å²) in [6.45, 7) is 9.68. The van der Waals surface area contributed by atoms with Gasteiger partial charge in [0.05, 0.1) is 0 Å². The van der Waals surface area contributed by atoms with Gasteiger partial charge >= 0.3 is 0 Å². The molecular weight excluding hydrogens is 152 g/mol. The average molecular weight is 173 g/mol. The van der Waals surface area contributed by atoms with Crippen molar-refractivity contribution >= 4 is 8.32 Å². The fraction of sp³-hybridized carbons (Fsp3) is 0.889. The van der Waals surface area contributed by atoms with Crippen molar-refractivity contribution in [2.45, 2.75) is 45.8 Å². The highest BCUT2D eigenvalue weighted by atomic mass is 28.4. The first kappa shape index (κ1) is 11.2. The highest BCUT2D eigenvalue weighted by Gasteiger charge is 2.27. The number of hydrogen-bond donors (Lipinski definition) is 0. The lowest BCUT2D eigenvalue weighted by atomic mass is 10.5. The lowest BCUT2D eigenvalue weighted by molar-refractivity contribution is 0.330. The summed E-state index contributed by atoms with van der Waals surface area (Å²) in [4.78, 5) is 0. The molecule has 0 aromatic heterocycles. The molecule has 0 aromatic rings. The van der Waals surface area contributed by atoms with Gasteiger partial charge in [-0.05, 0) is 24.6 Å². The molecule has 0 amide bonds. The first-order valence-corrected chi connectivity index (χ1v) is 7.19. The van der Waals surface area contributed by atoms with E-state index in [0.717, 1.165) is 6.61 Å². The van der Waals surface area contributed by atoms with Crippen LogP contribution in [0.1, 0.15) is 27.7 Å². The molecule has 11 heavy (non-hydrogen) atoms. The minimum Gasteiger partial charge on any atom is -0.417 e. The Morgan fingerprint density at radius 1 is 1.09 bits per heavy atom. The van der Waals surface area contributed by atoms with E-state index < -0.39 is 8.32 Å². The Morgan fingerprint density at radius 3 is 1.82 bits per heavy atom. The van der Waals surface area contributed by atoms with Crippen LogP contribution in [0.15, 0.2) is 0 Å². The molecule has 67 valence electrons. The van der Waals surface area contributed by atoms with Crippen LogP contribution in [0.5, 0.6) is 0 Å². The van der Waals surface area contributed by atoms with E-state index in [-0.39, 0.29) is 0 Å². The fourth-order valence-corrected chi connectivity index (χ4v) is 3.95. The number of hydrogen-bond acceptors (Lipinski definition) is 1. The van der Waals surface area contributed by atoms with Crippen molar-refractivity contribution < 1.29 is 4.43 Å². The molecular formula is C9H21OSi. The van der Waals surface area contributed by atoms with Crippen LogP contribution in [-0.4, -0.2) is 14.9 Å². The summed E-state index contributed by atoms with van der Waals surface area (Å²) >= 11 is 0. The molecule has 0 aromatic carbocycles. The van der Waals surface area contributed by atoms with Gasteiger partial charge in [0.25, 0.3) is 0 Å². The summed E-state index contributed by atoms with van der Waals surface area (Å²) in [7, 11) is -1.27. The lowest BCUT2D eigenvalue weighted by Gasteiger charge is -2.27. The predicted molar refractivity (Wildman–Crippen MR) is 53.1 cm³/mol. The molecule has 0 aliphatic carbocycles. The quantitative estimate of drug-likeness (QED) is 0.560. The normalized spacial score (nSPS) is 12.0. The first-order chi connectivity index (χ1) is 5.24. The van der Waals surface area contributed by atoms with E-state index in [1.54, 1.807) is 0 Å². The van der Waals surface area contributed by atoms with Crippen molar-refractivity contribution in [3.8, 4) is 0 Å². The van der Waals surface area contributed by atoms with E-state index in [1.165, 1.54) is 18.1 Å². The van der Waals surface area contributed by atoms with Crippen LogP contribution >= 0.6 is 0 Å². The zero-order valence-corrected chi connectivity index (χ0v) is 9.31. The van der Waals surface area contributed by atoms with Crippen LogP contribution in [0, 0.1) is 6.42 Å². The zero-order chi connectivity index (χ0) is 8.74. The van der Waals surface area contributed by atoms with E-state index in [4.69, 9.17) is 4.43 Å². The zero-order valence-electron chi connectivity index (χ0n) is 8.31. The molecule has 0 rings (SSSR count). The molecule has 0 unspecified atom stereocenters. The van der Waals surface area contributed by atoms with Gasteiger partial charge in [0, 0.05) is 6.61 Å². The molecule has 0 aliphatic heterocycles. The predicted octanol–water partition coefficient (Wildman–Crippen LogP) is 3.23. The molecule has 0 N–H and O–H groups in total. The highest BCUT2D eigenvalue weighted by molar-refractivity contribution is 6.73. The standard InChI is InChI=1S/C9H21OSi/c1-5-9-10-11(6-2,7-3)8-4/h5H,6-9H2,1-4H3. The van der Waals surface area contributed by atoms with Crippen LogP contribution in [0.4, 0.5) is 0 Å². The van der Waals surface area contributed by atoms with Gasteiger partial charge in [0.2, 0.25) is 0 Å². The molecule has 0 spiro atoms. The van der Waals surface area contributed by atoms with Crippen LogP contribution in [-0.2, 0) is 4.43 Å². The summed E-state index contributed by atoms with van der Waals surface area (Å²) in [5, 5.41) is 0. The maximum absolute atomic E-state index is 5.91. The molecule has 0 bridgehead atoms. The maximum atomic E-state index is 5.91. The topological polar surface area (TPSA) is 9.23 Å². The Kier molecular flexibility index (Phi) is 5.87. The van der Waals surface area contributed by atoms with Crippen molar-refractivity contribution in [2.75, 3.05) is 6.61 Å². The first-order valence-electron chi connectivity index (χ1n) is 4.66. The van der Waals surface area contributed by atoms with Gasteiger partial charge < -0.3 is 4.43 Å². The van der Waals surface area contributed by atoms with Crippen molar-refractivity contribution in [2.24, 2.45) is 0 Å². The molecule has 0 fully saturated rings. The van der Waals surface area contributed by atoms with E-state index in [2.05, 4.69) is 34.1 Å². The minimum absolute atomic E-state index is 0.849. The summed E-state index contributed by atoms with van der Waals surface area (Å²) in [5.41, 5.74) is 0. The summed E-state index contributed by atoms with van der Waals surface area (Å²) in [5.74, 6) is 0. The van der Waals surface area contributed by atoms with Crippen LogP contribution in [0.25, 0.3) is 0 Å². The minimum atomic E-state index is -1.27. The fourth-order valence-electron chi connectivity index (χ4n) is 1.32. The molecule has 1 nitrogen and oxygen atoms in total. The summed E-state index contributed by atoms with van der Waals surface area (Å²) < 4.78 is 5.91. The molecule has 0 saturated carbocycles. The average Bonchev–Trinajstić information content (AvgIpc) is 2.08. The summed E-state index contributed by atoms with van der Waals surface area (Å²) in [6, 6.07) is 3.77. The van der Waals surface area contributed by atoms with Crippen LogP contribution in [0.3, 0.4) is 0 Å². The van der Waals surface area contributed by atoms with Gasteiger partial charge in [-0.15, -0.1) is 0 Å². The van der Waals surface area contributed by atoms with Gasteiger partial charge in [-0.1, -0.05) is 27.7 Å².